The highest BCUT2D eigenvalue weighted by atomic mass is 16.8. The molecule has 2 aliphatic heterocycles. The van der Waals surface area contributed by atoms with Crippen molar-refractivity contribution >= 4 is 23.0 Å². The van der Waals surface area contributed by atoms with Crippen molar-refractivity contribution in [3.05, 3.63) is 48.0 Å². The number of nitrogens with one attached hydrogen (secondary N) is 1. The molecule has 2 fully saturated rings. The number of aromatic nitrogens is 4. The average Bonchev–Trinajstić information content (AvgIpc) is 3.42. The molecule has 168 valence electrons. The van der Waals surface area contributed by atoms with Crippen LogP contribution in [0.15, 0.2) is 36.7 Å². The van der Waals surface area contributed by atoms with Crippen LogP contribution in [0.3, 0.4) is 0 Å². The fourth-order valence-corrected chi connectivity index (χ4v) is 4.21. The largest absolute Gasteiger partial charge is 0.479 e. The Morgan fingerprint density at radius 1 is 1.19 bits per heavy atom. The van der Waals surface area contributed by atoms with E-state index >= 15 is 0 Å². The van der Waals surface area contributed by atoms with Crippen LogP contribution in [0.4, 0.5) is 5.82 Å². The minimum absolute atomic E-state index is 0.551. The fourth-order valence-electron chi connectivity index (χ4n) is 4.21. The van der Waals surface area contributed by atoms with E-state index in [1.807, 2.05) is 37.3 Å². The fraction of sp³-hybridized carbons (Fsp3) is 0.455. The molecule has 0 unspecified atom stereocenters. The Balaban J connectivity index is 1.52. The zero-order valence-corrected chi connectivity index (χ0v) is 18.1. The van der Waals surface area contributed by atoms with Crippen LogP contribution in [-0.4, -0.2) is 54.7 Å². The van der Waals surface area contributed by atoms with Gasteiger partial charge in [0.15, 0.2) is 35.1 Å². The second kappa shape index (κ2) is 7.80. The standard InChI is InChI=1S/C22H25N5O5/c1-4-13-25-18(23-10-12-8-6-5-7-9-12)14-19(26-13)27(11-24-14)20-16-15(17(30-20)21(28)29)31-22(2,3)32-16/h5-9,11,15-17,20H,4,10H2,1-3H3,(H,28,29)(H,23,25,26)/t15-,16+,17-,20+/m0/s1. The van der Waals surface area contributed by atoms with Gasteiger partial charge in [0, 0.05) is 13.0 Å². The Bertz CT molecular complexity index is 1150. The Labute approximate surface area is 184 Å². The average molecular weight is 439 g/mol. The highest BCUT2D eigenvalue weighted by Gasteiger charge is 2.58. The number of carbonyl (C=O) groups is 1. The van der Waals surface area contributed by atoms with Crippen LogP contribution in [0.1, 0.15) is 38.4 Å². The molecule has 10 nitrogen and oxygen atoms in total. The van der Waals surface area contributed by atoms with E-state index in [0.29, 0.717) is 35.8 Å². The van der Waals surface area contributed by atoms with Crippen molar-refractivity contribution in [1.82, 2.24) is 19.5 Å². The van der Waals surface area contributed by atoms with Crippen LogP contribution in [0, 0.1) is 0 Å². The molecule has 0 aliphatic carbocycles. The second-order valence-electron chi connectivity index (χ2n) is 8.36. The molecule has 2 aliphatic rings. The van der Waals surface area contributed by atoms with Crippen molar-refractivity contribution in [3.63, 3.8) is 0 Å². The third-order valence-corrected chi connectivity index (χ3v) is 5.63. The molecular weight excluding hydrogens is 414 g/mol. The van der Waals surface area contributed by atoms with Gasteiger partial charge >= 0.3 is 5.97 Å². The molecule has 3 aromatic rings. The van der Waals surface area contributed by atoms with E-state index in [-0.39, 0.29) is 0 Å². The number of aliphatic carboxylic acids is 1. The number of fused-ring (bicyclic) bond motifs is 2. The second-order valence-corrected chi connectivity index (χ2v) is 8.36. The van der Waals surface area contributed by atoms with Crippen LogP contribution in [0.2, 0.25) is 0 Å². The van der Waals surface area contributed by atoms with E-state index in [1.165, 1.54) is 0 Å². The molecule has 32 heavy (non-hydrogen) atoms. The number of rotatable bonds is 6. The maximum Gasteiger partial charge on any atom is 0.335 e. The van der Waals surface area contributed by atoms with Gasteiger partial charge in [0.25, 0.3) is 0 Å². The summed E-state index contributed by atoms with van der Waals surface area (Å²) in [4.78, 5) is 25.6. The summed E-state index contributed by atoms with van der Waals surface area (Å²) in [5.41, 5.74) is 2.24. The number of carboxylic acid groups (broad SMARTS) is 1. The monoisotopic (exact) mass is 439 g/mol. The van der Waals surface area contributed by atoms with Gasteiger partial charge in [-0.3, -0.25) is 4.57 Å². The van der Waals surface area contributed by atoms with Gasteiger partial charge in [-0.25, -0.2) is 19.7 Å². The summed E-state index contributed by atoms with van der Waals surface area (Å²) >= 11 is 0. The van der Waals surface area contributed by atoms with Crippen molar-refractivity contribution in [2.45, 2.75) is 64.1 Å². The van der Waals surface area contributed by atoms with Gasteiger partial charge in [0.2, 0.25) is 0 Å². The van der Waals surface area contributed by atoms with Crippen LogP contribution < -0.4 is 5.32 Å². The first kappa shape index (κ1) is 20.8. The summed E-state index contributed by atoms with van der Waals surface area (Å²) < 4.78 is 19.4. The van der Waals surface area contributed by atoms with Crippen molar-refractivity contribution in [2.24, 2.45) is 0 Å². The molecule has 0 spiro atoms. The maximum absolute atomic E-state index is 11.8. The van der Waals surface area contributed by atoms with E-state index in [4.69, 9.17) is 14.2 Å². The molecule has 5 rings (SSSR count). The molecule has 2 saturated heterocycles. The minimum atomic E-state index is -1.15. The summed E-state index contributed by atoms with van der Waals surface area (Å²) in [6.07, 6.45) is -1.00. The quantitative estimate of drug-likeness (QED) is 0.597. The third-order valence-electron chi connectivity index (χ3n) is 5.63. The Morgan fingerprint density at radius 2 is 1.94 bits per heavy atom. The van der Waals surface area contributed by atoms with Crippen molar-refractivity contribution < 1.29 is 24.1 Å². The lowest BCUT2D eigenvalue weighted by molar-refractivity contribution is -0.202. The van der Waals surface area contributed by atoms with E-state index in [2.05, 4.69) is 20.3 Å². The molecule has 2 aromatic heterocycles. The van der Waals surface area contributed by atoms with Gasteiger partial charge in [-0.1, -0.05) is 37.3 Å². The number of ether oxygens (including phenoxy) is 3. The summed E-state index contributed by atoms with van der Waals surface area (Å²) in [5, 5.41) is 13.0. The molecule has 2 N–H and O–H groups in total. The molecule has 1 aromatic carbocycles. The molecule has 10 heteroatoms. The third kappa shape index (κ3) is 3.60. The zero-order chi connectivity index (χ0) is 22.5. The van der Waals surface area contributed by atoms with Gasteiger partial charge in [-0.05, 0) is 19.4 Å². The smallest absolute Gasteiger partial charge is 0.335 e. The summed E-state index contributed by atoms with van der Waals surface area (Å²) in [7, 11) is 0. The lowest BCUT2D eigenvalue weighted by Gasteiger charge is -2.23. The maximum atomic E-state index is 11.8. The van der Waals surface area contributed by atoms with Gasteiger partial charge in [-0.15, -0.1) is 0 Å². The predicted molar refractivity (Wildman–Crippen MR) is 114 cm³/mol. The number of aryl methyl sites for hydroxylation is 1. The van der Waals surface area contributed by atoms with Crippen molar-refractivity contribution in [2.75, 3.05) is 5.32 Å². The molecule has 0 amide bonds. The number of nitrogens with zero attached hydrogens (tertiary/aromatic N) is 4. The van der Waals surface area contributed by atoms with E-state index < -0.39 is 36.3 Å². The number of anilines is 1. The molecule has 4 atom stereocenters. The van der Waals surface area contributed by atoms with Gasteiger partial charge in [-0.2, -0.15) is 0 Å². The van der Waals surface area contributed by atoms with E-state index in [9.17, 15) is 9.90 Å². The number of hydrogen-bond acceptors (Lipinski definition) is 8. The molecule has 0 bridgehead atoms. The summed E-state index contributed by atoms with van der Waals surface area (Å²) in [5.74, 6) is -0.749. The van der Waals surface area contributed by atoms with E-state index in [1.54, 1.807) is 24.7 Å². The lowest BCUT2D eigenvalue weighted by Crippen LogP contribution is -2.35. The van der Waals surface area contributed by atoms with Crippen LogP contribution in [0.5, 0.6) is 0 Å². The number of carboxylic acids is 1. The first-order valence-corrected chi connectivity index (χ1v) is 10.6. The zero-order valence-electron chi connectivity index (χ0n) is 18.1. The summed E-state index contributed by atoms with van der Waals surface area (Å²) in [6.45, 7) is 6.08. The molecule has 4 heterocycles. The van der Waals surface area contributed by atoms with Crippen molar-refractivity contribution in [1.29, 1.82) is 0 Å². The lowest BCUT2D eigenvalue weighted by atomic mass is 10.1. The van der Waals surface area contributed by atoms with Gasteiger partial charge in [0.1, 0.15) is 18.0 Å². The predicted octanol–water partition coefficient (Wildman–Crippen LogP) is 2.50. The number of benzene rings is 1. The first-order chi connectivity index (χ1) is 15.4. The highest BCUT2D eigenvalue weighted by molar-refractivity contribution is 5.83. The Hall–Kier alpha value is -3.08. The first-order valence-electron chi connectivity index (χ1n) is 10.6. The topological polar surface area (TPSA) is 121 Å². The number of imidazole rings is 1. The molecule has 0 radical (unpaired) electrons. The van der Waals surface area contributed by atoms with Crippen LogP contribution in [-0.2, 0) is 32.0 Å². The minimum Gasteiger partial charge on any atom is -0.479 e. The van der Waals surface area contributed by atoms with E-state index in [0.717, 1.165) is 5.56 Å². The van der Waals surface area contributed by atoms with Gasteiger partial charge < -0.3 is 24.6 Å². The molecular formula is C22H25N5O5. The molecule has 0 saturated carbocycles. The highest BCUT2D eigenvalue weighted by Crippen LogP contribution is 2.44. The Kier molecular flexibility index (Phi) is 5.07. The normalized spacial score (nSPS) is 26.3. The van der Waals surface area contributed by atoms with Crippen LogP contribution in [0.25, 0.3) is 11.2 Å². The van der Waals surface area contributed by atoms with Crippen molar-refractivity contribution in [3.8, 4) is 0 Å². The van der Waals surface area contributed by atoms with Gasteiger partial charge in [0.05, 0.1) is 6.33 Å². The number of hydrogen-bond donors (Lipinski definition) is 2. The Morgan fingerprint density at radius 3 is 2.66 bits per heavy atom. The SMILES string of the molecule is CCc1nc(NCc2ccccc2)c2ncn([C@@H]3O[C@H](C(=O)O)[C@H]4OC(C)(C)O[C@H]43)c2n1. The van der Waals surface area contributed by atoms with Crippen LogP contribution >= 0.6 is 0 Å². The summed E-state index contributed by atoms with van der Waals surface area (Å²) in [6, 6.07) is 10.00.